The number of hydrogen-bond donors (Lipinski definition) is 1. The first kappa shape index (κ1) is 16.1. The first-order valence-corrected chi connectivity index (χ1v) is 7.52. The van der Waals surface area contributed by atoms with E-state index in [9.17, 15) is 0 Å². The highest BCUT2D eigenvalue weighted by atomic mass is 16.5. The van der Waals surface area contributed by atoms with Gasteiger partial charge in [0.05, 0.1) is 26.4 Å². The SMILES string of the molecule is CCNC(c1nccnc1OC)C(C)(C)N1CCOCC1. The molecule has 118 valence electrons. The summed E-state index contributed by atoms with van der Waals surface area (Å²) in [5.41, 5.74) is 0.752. The lowest BCUT2D eigenvalue weighted by Gasteiger charge is -2.45. The number of rotatable bonds is 6. The number of hydrogen-bond acceptors (Lipinski definition) is 6. The van der Waals surface area contributed by atoms with E-state index in [1.807, 2.05) is 0 Å². The number of ether oxygens (including phenoxy) is 2. The van der Waals surface area contributed by atoms with Crippen molar-refractivity contribution in [2.75, 3.05) is 40.0 Å². The molecule has 0 bridgehead atoms. The van der Waals surface area contributed by atoms with Crippen LogP contribution in [0.3, 0.4) is 0 Å². The molecule has 0 radical (unpaired) electrons. The molecule has 1 fully saturated rings. The lowest BCUT2D eigenvalue weighted by atomic mass is 9.89. The van der Waals surface area contributed by atoms with E-state index < -0.39 is 0 Å². The highest BCUT2D eigenvalue weighted by Gasteiger charge is 2.39. The Morgan fingerprint density at radius 2 is 2.00 bits per heavy atom. The highest BCUT2D eigenvalue weighted by Crippen LogP contribution is 2.34. The fourth-order valence-corrected chi connectivity index (χ4v) is 2.90. The molecule has 1 aliphatic rings. The van der Waals surface area contributed by atoms with E-state index in [2.05, 4.69) is 41.0 Å². The number of aromatic nitrogens is 2. The highest BCUT2D eigenvalue weighted by molar-refractivity contribution is 5.24. The zero-order valence-electron chi connectivity index (χ0n) is 13.4. The molecule has 1 aliphatic heterocycles. The maximum absolute atomic E-state index is 5.47. The molecule has 1 N–H and O–H groups in total. The van der Waals surface area contributed by atoms with Gasteiger partial charge in [0.2, 0.25) is 5.88 Å². The second-order valence-electron chi connectivity index (χ2n) is 5.69. The molecule has 2 rings (SSSR count). The van der Waals surface area contributed by atoms with Crippen LogP contribution in [0.5, 0.6) is 5.88 Å². The monoisotopic (exact) mass is 294 g/mol. The average molecular weight is 294 g/mol. The smallest absolute Gasteiger partial charge is 0.237 e. The van der Waals surface area contributed by atoms with Crippen LogP contribution in [0.4, 0.5) is 0 Å². The Morgan fingerprint density at radius 1 is 1.33 bits per heavy atom. The zero-order chi connectivity index (χ0) is 15.3. The topological polar surface area (TPSA) is 59.5 Å². The van der Waals surface area contributed by atoms with E-state index in [1.54, 1.807) is 19.5 Å². The number of methoxy groups -OCH3 is 1. The standard InChI is InChI=1S/C15H26N4O2/c1-5-16-13(12-14(20-4)18-7-6-17-12)15(2,3)19-8-10-21-11-9-19/h6-7,13,16H,5,8-11H2,1-4H3. The van der Waals surface area contributed by atoms with Crippen LogP contribution < -0.4 is 10.1 Å². The molecule has 21 heavy (non-hydrogen) atoms. The Kier molecular flexibility index (Phi) is 5.50. The summed E-state index contributed by atoms with van der Waals surface area (Å²) in [6, 6.07) is 0.0456. The summed E-state index contributed by atoms with van der Waals surface area (Å²) < 4.78 is 10.9. The van der Waals surface area contributed by atoms with Crippen molar-refractivity contribution in [2.45, 2.75) is 32.4 Å². The Hall–Kier alpha value is -1.24. The van der Waals surface area contributed by atoms with Gasteiger partial charge < -0.3 is 14.8 Å². The minimum Gasteiger partial charge on any atom is -0.480 e. The summed E-state index contributed by atoms with van der Waals surface area (Å²) >= 11 is 0. The van der Waals surface area contributed by atoms with Gasteiger partial charge in [-0.1, -0.05) is 6.92 Å². The predicted octanol–water partition coefficient (Wildman–Crippen LogP) is 1.25. The van der Waals surface area contributed by atoms with E-state index in [0.717, 1.165) is 38.5 Å². The predicted molar refractivity (Wildman–Crippen MR) is 81.5 cm³/mol. The first-order valence-electron chi connectivity index (χ1n) is 7.52. The third-order valence-corrected chi connectivity index (χ3v) is 4.10. The fourth-order valence-electron chi connectivity index (χ4n) is 2.90. The number of likely N-dealkylation sites (N-methyl/N-ethyl adjacent to an activating group) is 1. The van der Waals surface area contributed by atoms with Gasteiger partial charge in [-0.3, -0.25) is 9.88 Å². The van der Waals surface area contributed by atoms with Crippen LogP contribution in [0, 0.1) is 0 Å². The molecule has 0 aliphatic carbocycles. The quantitative estimate of drug-likeness (QED) is 0.852. The van der Waals surface area contributed by atoms with Crippen LogP contribution in [0.25, 0.3) is 0 Å². The number of nitrogens with zero attached hydrogens (tertiary/aromatic N) is 3. The molecule has 0 saturated carbocycles. The van der Waals surface area contributed by atoms with Crippen LogP contribution in [0.2, 0.25) is 0 Å². The molecule has 6 nitrogen and oxygen atoms in total. The first-order chi connectivity index (χ1) is 10.1. The van der Waals surface area contributed by atoms with E-state index >= 15 is 0 Å². The summed E-state index contributed by atoms with van der Waals surface area (Å²) in [6.45, 7) is 10.8. The zero-order valence-corrected chi connectivity index (χ0v) is 13.4. The summed E-state index contributed by atoms with van der Waals surface area (Å²) in [5, 5.41) is 3.55. The van der Waals surface area contributed by atoms with Crippen molar-refractivity contribution in [3.8, 4) is 5.88 Å². The minimum atomic E-state index is -0.108. The molecule has 1 atom stereocenters. The van der Waals surface area contributed by atoms with Crippen LogP contribution in [-0.2, 0) is 4.74 Å². The fraction of sp³-hybridized carbons (Fsp3) is 0.733. The second-order valence-corrected chi connectivity index (χ2v) is 5.69. The van der Waals surface area contributed by atoms with Gasteiger partial charge >= 0.3 is 0 Å². The minimum absolute atomic E-state index is 0.0456. The molecule has 1 saturated heterocycles. The van der Waals surface area contributed by atoms with Gasteiger partial charge in [-0.15, -0.1) is 0 Å². The van der Waals surface area contributed by atoms with Gasteiger partial charge in [0, 0.05) is 31.0 Å². The lowest BCUT2D eigenvalue weighted by molar-refractivity contribution is -0.0245. The molecule has 2 heterocycles. The largest absolute Gasteiger partial charge is 0.480 e. The van der Waals surface area contributed by atoms with Gasteiger partial charge in [0.25, 0.3) is 0 Å². The van der Waals surface area contributed by atoms with Crippen molar-refractivity contribution in [2.24, 2.45) is 0 Å². The van der Waals surface area contributed by atoms with Crippen molar-refractivity contribution in [3.63, 3.8) is 0 Å². The normalized spacial score (nSPS) is 18.5. The van der Waals surface area contributed by atoms with Crippen molar-refractivity contribution < 1.29 is 9.47 Å². The molecule has 6 heteroatoms. The Bertz CT molecular complexity index is 447. The Labute approximate surface area is 126 Å². The lowest BCUT2D eigenvalue weighted by Crippen LogP contribution is -2.56. The van der Waals surface area contributed by atoms with E-state index in [-0.39, 0.29) is 11.6 Å². The maximum Gasteiger partial charge on any atom is 0.237 e. The average Bonchev–Trinajstić information content (AvgIpc) is 2.53. The van der Waals surface area contributed by atoms with Crippen molar-refractivity contribution in [1.82, 2.24) is 20.2 Å². The maximum atomic E-state index is 5.47. The molecule has 0 spiro atoms. The number of morpholine rings is 1. The third kappa shape index (κ3) is 3.51. The van der Waals surface area contributed by atoms with Crippen molar-refractivity contribution >= 4 is 0 Å². The van der Waals surface area contributed by atoms with E-state index in [4.69, 9.17) is 9.47 Å². The van der Waals surface area contributed by atoms with Crippen molar-refractivity contribution in [3.05, 3.63) is 18.1 Å². The summed E-state index contributed by atoms with van der Waals surface area (Å²) in [5.74, 6) is 0.588. The number of nitrogens with one attached hydrogen (secondary N) is 1. The van der Waals surface area contributed by atoms with Crippen LogP contribution >= 0.6 is 0 Å². The summed E-state index contributed by atoms with van der Waals surface area (Å²) in [7, 11) is 1.64. The Balaban J connectivity index is 2.32. The molecular formula is C15H26N4O2. The third-order valence-electron chi connectivity index (χ3n) is 4.10. The van der Waals surface area contributed by atoms with Crippen LogP contribution in [0.1, 0.15) is 32.5 Å². The molecule has 1 unspecified atom stereocenters. The van der Waals surface area contributed by atoms with E-state index in [1.165, 1.54) is 0 Å². The van der Waals surface area contributed by atoms with E-state index in [0.29, 0.717) is 5.88 Å². The van der Waals surface area contributed by atoms with Gasteiger partial charge in [-0.2, -0.15) is 0 Å². The molecular weight excluding hydrogens is 268 g/mol. The van der Waals surface area contributed by atoms with Gasteiger partial charge in [0.15, 0.2) is 0 Å². The summed E-state index contributed by atoms with van der Waals surface area (Å²) in [6.07, 6.45) is 3.38. The van der Waals surface area contributed by atoms with Crippen LogP contribution in [-0.4, -0.2) is 60.4 Å². The molecule has 0 amide bonds. The summed E-state index contributed by atoms with van der Waals surface area (Å²) in [4.78, 5) is 11.3. The van der Waals surface area contributed by atoms with Gasteiger partial charge in [-0.25, -0.2) is 4.98 Å². The molecule has 1 aromatic heterocycles. The van der Waals surface area contributed by atoms with Crippen molar-refractivity contribution in [1.29, 1.82) is 0 Å². The van der Waals surface area contributed by atoms with Gasteiger partial charge in [-0.05, 0) is 20.4 Å². The molecule has 0 aromatic carbocycles. The second kappa shape index (κ2) is 7.15. The van der Waals surface area contributed by atoms with Crippen LogP contribution in [0.15, 0.2) is 12.4 Å². The molecule has 1 aromatic rings. The Morgan fingerprint density at radius 3 is 2.62 bits per heavy atom. The van der Waals surface area contributed by atoms with Gasteiger partial charge in [0.1, 0.15) is 5.69 Å².